The number of phenolic OH excluding ortho intramolecular Hbond substituents is 1. The van der Waals surface area contributed by atoms with Gasteiger partial charge in [-0.1, -0.05) is 12.1 Å². The summed E-state index contributed by atoms with van der Waals surface area (Å²) in [5.74, 6) is -3.84. The van der Waals surface area contributed by atoms with Gasteiger partial charge in [-0.15, -0.1) is 0 Å². The number of carboxylic acids is 2. The summed E-state index contributed by atoms with van der Waals surface area (Å²) >= 11 is 0. The molecule has 142 valence electrons. The average Bonchev–Trinajstić information content (AvgIpc) is 2.57. The van der Waals surface area contributed by atoms with Gasteiger partial charge in [-0.2, -0.15) is 0 Å². The quantitative estimate of drug-likeness (QED) is 0.299. The minimum Gasteiger partial charge on any atom is -0.508 e. The number of phenols is 1. The van der Waals surface area contributed by atoms with Crippen LogP contribution in [0.2, 0.25) is 0 Å². The molecule has 10 heteroatoms. The van der Waals surface area contributed by atoms with Crippen LogP contribution in [0.15, 0.2) is 24.3 Å². The molecule has 1 rings (SSSR count). The number of rotatable bonds is 10. The van der Waals surface area contributed by atoms with Gasteiger partial charge >= 0.3 is 11.9 Å². The second-order valence-corrected chi connectivity index (χ2v) is 5.59. The number of aromatic hydroxyl groups is 1. The van der Waals surface area contributed by atoms with Crippen LogP contribution in [0.3, 0.4) is 0 Å². The summed E-state index contributed by atoms with van der Waals surface area (Å²) in [5, 5.41) is 31.1. The van der Waals surface area contributed by atoms with Gasteiger partial charge in [0.2, 0.25) is 11.8 Å². The summed E-state index contributed by atoms with van der Waals surface area (Å²) in [6, 6.07) is 3.83. The molecular formula is C16H21N3O7. The summed E-state index contributed by atoms with van der Waals surface area (Å²) in [6.07, 6.45) is -0.504. The molecule has 0 aromatic heterocycles. The summed E-state index contributed by atoms with van der Waals surface area (Å²) in [4.78, 5) is 45.1. The molecule has 0 aliphatic heterocycles. The van der Waals surface area contributed by atoms with Crippen molar-refractivity contribution in [3.05, 3.63) is 29.8 Å². The topological polar surface area (TPSA) is 179 Å². The van der Waals surface area contributed by atoms with E-state index in [-0.39, 0.29) is 18.6 Å². The molecule has 1 aromatic rings. The van der Waals surface area contributed by atoms with Crippen molar-refractivity contribution in [3.8, 4) is 5.75 Å². The van der Waals surface area contributed by atoms with E-state index in [1.807, 2.05) is 0 Å². The SMILES string of the molecule is N[C@@H](Cc1ccc(O)cc1)C(=O)NCC(=O)N[C@@H](CCC(=O)O)C(=O)O. The first kappa shape index (κ1) is 20.9. The lowest BCUT2D eigenvalue weighted by Crippen LogP contribution is -2.49. The maximum atomic E-state index is 11.9. The molecule has 2 atom stereocenters. The fourth-order valence-corrected chi connectivity index (χ4v) is 2.05. The van der Waals surface area contributed by atoms with Crippen molar-refractivity contribution in [1.29, 1.82) is 0 Å². The van der Waals surface area contributed by atoms with Crippen LogP contribution in [0.25, 0.3) is 0 Å². The summed E-state index contributed by atoms with van der Waals surface area (Å²) in [5.41, 5.74) is 6.46. The predicted molar refractivity (Wildman–Crippen MR) is 89.2 cm³/mol. The zero-order valence-corrected chi connectivity index (χ0v) is 13.8. The molecule has 0 saturated heterocycles. The Balaban J connectivity index is 2.44. The molecule has 0 aliphatic carbocycles. The number of benzene rings is 1. The van der Waals surface area contributed by atoms with E-state index in [0.717, 1.165) is 5.56 Å². The number of amides is 2. The Morgan fingerprint density at radius 2 is 1.69 bits per heavy atom. The highest BCUT2D eigenvalue weighted by molar-refractivity contribution is 5.89. The molecule has 1 aromatic carbocycles. The van der Waals surface area contributed by atoms with Crippen LogP contribution in [0.1, 0.15) is 18.4 Å². The molecule has 0 heterocycles. The monoisotopic (exact) mass is 367 g/mol. The third-order valence-corrected chi connectivity index (χ3v) is 3.43. The fourth-order valence-electron chi connectivity index (χ4n) is 2.05. The van der Waals surface area contributed by atoms with Gasteiger partial charge in [0.05, 0.1) is 12.6 Å². The van der Waals surface area contributed by atoms with E-state index in [0.29, 0.717) is 0 Å². The summed E-state index contributed by atoms with van der Waals surface area (Å²) in [6.45, 7) is -0.487. The van der Waals surface area contributed by atoms with Crippen molar-refractivity contribution >= 4 is 23.8 Å². The van der Waals surface area contributed by atoms with E-state index in [9.17, 15) is 24.3 Å². The van der Waals surface area contributed by atoms with Crippen molar-refractivity contribution < 1.29 is 34.5 Å². The van der Waals surface area contributed by atoms with Crippen LogP contribution < -0.4 is 16.4 Å². The number of nitrogens with two attached hydrogens (primary N) is 1. The van der Waals surface area contributed by atoms with Crippen LogP contribution in [0.4, 0.5) is 0 Å². The largest absolute Gasteiger partial charge is 0.508 e. The Morgan fingerprint density at radius 3 is 2.23 bits per heavy atom. The second-order valence-electron chi connectivity index (χ2n) is 5.59. The maximum Gasteiger partial charge on any atom is 0.326 e. The number of hydrogen-bond donors (Lipinski definition) is 6. The molecule has 0 fully saturated rings. The lowest BCUT2D eigenvalue weighted by atomic mass is 10.1. The van der Waals surface area contributed by atoms with Crippen LogP contribution in [-0.2, 0) is 25.6 Å². The minimum absolute atomic E-state index is 0.0827. The lowest BCUT2D eigenvalue weighted by Gasteiger charge is -2.15. The summed E-state index contributed by atoms with van der Waals surface area (Å²) in [7, 11) is 0. The third kappa shape index (κ3) is 7.62. The highest BCUT2D eigenvalue weighted by Gasteiger charge is 2.21. The second kappa shape index (κ2) is 9.99. The van der Waals surface area contributed by atoms with Gasteiger partial charge in [0.1, 0.15) is 11.8 Å². The van der Waals surface area contributed by atoms with E-state index < -0.39 is 48.8 Å². The first-order valence-corrected chi connectivity index (χ1v) is 7.74. The highest BCUT2D eigenvalue weighted by Crippen LogP contribution is 2.10. The zero-order valence-electron chi connectivity index (χ0n) is 13.8. The van der Waals surface area contributed by atoms with E-state index in [2.05, 4.69) is 10.6 Å². The lowest BCUT2D eigenvalue weighted by molar-refractivity contribution is -0.143. The van der Waals surface area contributed by atoms with Crippen LogP contribution in [0.5, 0.6) is 5.75 Å². The molecule has 0 saturated carbocycles. The average molecular weight is 367 g/mol. The predicted octanol–water partition coefficient (Wildman–Crippen LogP) is -1.19. The number of carbonyl (C=O) groups is 4. The van der Waals surface area contributed by atoms with Crippen molar-refractivity contribution in [3.63, 3.8) is 0 Å². The van der Waals surface area contributed by atoms with Crippen molar-refractivity contribution in [2.75, 3.05) is 6.54 Å². The maximum absolute atomic E-state index is 11.9. The molecular weight excluding hydrogens is 346 g/mol. The van der Waals surface area contributed by atoms with Crippen molar-refractivity contribution in [2.24, 2.45) is 5.73 Å². The Hall–Kier alpha value is -3.14. The Bertz CT molecular complexity index is 660. The zero-order chi connectivity index (χ0) is 19.7. The van der Waals surface area contributed by atoms with Gasteiger partial charge < -0.3 is 31.7 Å². The molecule has 10 nitrogen and oxygen atoms in total. The Kier molecular flexibility index (Phi) is 8.03. The molecule has 0 radical (unpaired) electrons. The van der Waals surface area contributed by atoms with Gasteiger partial charge in [-0.3, -0.25) is 14.4 Å². The van der Waals surface area contributed by atoms with Gasteiger partial charge in [0.25, 0.3) is 0 Å². The standard InChI is InChI=1S/C16H21N3O7/c17-11(7-9-1-3-10(20)4-2-9)15(24)18-8-13(21)19-12(16(25)26)5-6-14(22)23/h1-4,11-12,20H,5-8,17H2,(H,18,24)(H,19,21)(H,22,23)(H,25,26)/t11-,12-/m0/s1. The first-order chi connectivity index (χ1) is 12.2. The molecule has 26 heavy (non-hydrogen) atoms. The number of hydrogen-bond acceptors (Lipinski definition) is 6. The van der Waals surface area contributed by atoms with E-state index in [1.54, 1.807) is 12.1 Å². The Labute approximate surface area is 149 Å². The normalized spacial score (nSPS) is 12.7. The molecule has 7 N–H and O–H groups in total. The van der Waals surface area contributed by atoms with Gasteiger partial charge in [0.15, 0.2) is 0 Å². The first-order valence-electron chi connectivity index (χ1n) is 7.74. The Morgan fingerprint density at radius 1 is 1.08 bits per heavy atom. The van der Waals surface area contributed by atoms with Crippen LogP contribution in [-0.4, -0.2) is 57.7 Å². The van der Waals surface area contributed by atoms with Gasteiger partial charge in [0, 0.05) is 6.42 Å². The van der Waals surface area contributed by atoms with Crippen molar-refractivity contribution in [1.82, 2.24) is 10.6 Å². The molecule has 0 aliphatic rings. The smallest absolute Gasteiger partial charge is 0.326 e. The van der Waals surface area contributed by atoms with Gasteiger partial charge in [-0.25, -0.2) is 4.79 Å². The number of carbonyl (C=O) groups excluding carboxylic acids is 2. The third-order valence-electron chi connectivity index (χ3n) is 3.43. The van der Waals surface area contributed by atoms with Gasteiger partial charge in [-0.05, 0) is 30.5 Å². The minimum atomic E-state index is -1.37. The number of nitrogens with one attached hydrogen (secondary N) is 2. The van der Waals surface area contributed by atoms with Crippen LogP contribution >= 0.6 is 0 Å². The highest BCUT2D eigenvalue weighted by atomic mass is 16.4. The van der Waals surface area contributed by atoms with Crippen LogP contribution in [0, 0.1) is 0 Å². The molecule has 0 unspecified atom stereocenters. The van der Waals surface area contributed by atoms with E-state index in [4.69, 9.17) is 15.9 Å². The number of carboxylic acid groups (broad SMARTS) is 2. The summed E-state index contributed by atoms with van der Waals surface area (Å²) < 4.78 is 0. The number of aliphatic carboxylic acids is 2. The fraction of sp³-hybridized carbons (Fsp3) is 0.375. The molecule has 2 amide bonds. The molecule has 0 bridgehead atoms. The van der Waals surface area contributed by atoms with Crippen molar-refractivity contribution in [2.45, 2.75) is 31.3 Å². The van der Waals surface area contributed by atoms with E-state index >= 15 is 0 Å². The van der Waals surface area contributed by atoms with E-state index in [1.165, 1.54) is 12.1 Å². The molecule has 0 spiro atoms.